The van der Waals surface area contributed by atoms with E-state index < -0.39 is 6.29 Å². The summed E-state index contributed by atoms with van der Waals surface area (Å²) in [5, 5.41) is 20.1. The van der Waals surface area contributed by atoms with E-state index in [1.807, 2.05) is 0 Å². The number of aromatic nitrogens is 2. The SMILES string of the molecule is Cc1noc(C(O)O)n1. The van der Waals surface area contributed by atoms with E-state index in [-0.39, 0.29) is 5.89 Å². The van der Waals surface area contributed by atoms with Gasteiger partial charge in [0, 0.05) is 0 Å². The second-order valence-electron chi connectivity index (χ2n) is 1.55. The summed E-state index contributed by atoms with van der Waals surface area (Å²) in [4.78, 5) is 3.53. The van der Waals surface area contributed by atoms with Crippen molar-refractivity contribution in [1.82, 2.24) is 10.1 Å². The van der Waals surface area contributed by atoms with E-state index in [0.29, 0.717) is 5.82 Å². The van der Waals surface area contributed by atoms with Gasteiger partial charge in [-0.05, 0) is 6.92 Å². The van der Waals surface area contributed by atoms with Crippen molar-refractivity contribution in [1.29, 1.82) is 0 Å². The fourth-order valence-electron chi connectivity index (χ4n) is 0.418. The first-order valence-electron chi connectivity index (χ1n) is 2.36. The van der Waals surface area contributed by atoms with E-state index in [0.717, 1.165) is 0 Å². The number of nitrogens with zero attached hydrogens (tertiary/aromatic N) is 2. The highest BCUT2D eigenvalue weighted by atomic mass is 16.5. The van der Waals surface area contributed by atoms with Crippen LogP contribution in [-0.4, -0.2) is 20.4 Å². The molecular weight excluding hydrogens is 124 g/mol. The van der Waals surface area contributed by atoms with Crippen molar-refractivity contribution < 1.29 is 14.7 Å². The summed E-state index contributed by atoms with van der Waals surface area (Å²) in [6.07, 6.45) is -1.66. The molecule has 0 unspecified atom stereocenters. The highest BCUT2D eigenvalue weighted by molar-refractivity contribution is 4.82. The lowest BCUT2D eigenvalue weighted by Gasteiger charge is -1.90. The van der Waals surface area contributed by atoms with E-state index in [1.54, 1.807) is 6.92 Å². The van der Waals surface area contributed by atoms with Crippen molar-refractivity contribution in [3.8, 4) is 0 Å². The molecule has 0 saturated heterocycles. The lowest BCUT2D eigenvalue weighted by molar-refractivity contribution is -0.0651. The highest BCUT2D eigenvalue weighted by Crippen LogP contribution is 2.04. The molecule has 2 N–H and O–H groups in total. The third-order valence-electron chi connectivity index (χ3n) is 0.764. The Hall–Kier alpha value is -0.940. The van der Waals surface area contributed by atoms with Crippen LogP contribution in [0.15, 0.2) is 4.52 Å². The van der Waals surface area contributed by atoms with Crippen LogP contribution in [0.1, 0.15) is 18.0 Å². The molecule has 0 amide bonds. The number of aliphatic hydroxyl groups is 2. The van der Waals surface area contributed by atoms with Crippen LogP contribution >= 0.6 is 0 Å². The minimum absolute atomic E-state index is 0.174. The van der Waals surface area contributed by atoms with E-state index >= 15 is 0 Å². The van der Waals surface area contributed by atoms with Gasteiger partial charge >= 0.3 is 0 Å². The molecular formula is C4H6N2O3. The molecule has 0 radical (unpaired) electrons. The summed E-state index contributed by atoms with van der Waals surface area (Å²) in [5.74, 6) is 0.214. The van der Waals surface area contributed by atoms with Crippen molar-refractivity contribution in [2.75, 3.05) is 0 Å². The number of hydrogen-bond donors (Lipinski definition) is 2. The van der Waals surface area contributed by atoms with Gasteiger partial charge in [-0.25, -0.2) is 0 Å². The molecule has 50 valence electrons. The van der Waals surface area contributed by atoms with Crippen molar-refractivity contribution in [2.24, 2.45) is 0 Å². The Labute approximate surface area is 50.9 Å². The second-order valence-corrected chi connectivity index (χ2v) is 1.55. The average molecular weight is 130 g/mol. The van der Waals surface area contributed by atoms with Gasteiger partial charge < -0.3 is 14.7 Å². The van der Waals surface area contributed by atoms with Crippen LogP contribution in [-0.2, 0) is 0 Å². The molecule has 0 fully saturated rings. The molecule has 1 heterocycles. The molecule has 5 heteroatoms. The normalized spacial score (nSPS) is 10.7. The molecule has 0 atom stereocenters. The number of hydrogen-bond acceptors (Lipinski definition) is 5. The Balaban J connectivity index is 2.85. The Morgan fingerprint density at radius 2 is 2.22 bits per heavy atom. The molecule has 1 aromatic heterocycles. The smallest absolute Gasteiger partial charge is 0.283 e. The van der Waals surface area contributed by atoms with Crippen LogP contribution in [0.2, 0.25) is 0 Å². The minimum Gasteiger partial charge on any atom is -0.361 e. The zero-order valence-corrected chi connectivity index (χ0v) is 4.77. The van der Waals surface area contributed by atoms with Gasteiger partial charge in [0.2, 0.25) is 6.29 Å². The van der Waals surface area contributed by atoms with Crippen LogP contribution in [0.4, 0.5) is 0 Å². The lowest BCUT2D eigenvalue weighted by atomic mass is 10.6. The highest BCUT2D eigenvalue weighted by Gasteiger charge is 2.09. The van der Waals surface area contributed by atoms with Gasteiger partial charge in [-0.2, -0.15) is 4.98 Å². The molecule has 1 rings (SSSR count). The zero-order valence-electron chi connectivity index (χ0n) is 4.77. The molecule has 0 aromatic carbocycles. The summed E-state index contributed by atoms with van der Waals surface area (Å²) < 4.78 is 4.36. The Kier molecular flexibility index (Phi) is 1.46. The fourth-order valence-corrected chi connectivity index (χ4v) is 0.418. The summed E-state index contributed by atoms with van der Waals surface area (Å²) in [5.41, 5.74) is 0. The van der Waals surface area contributed by atoms with Crippen LogP contribution in [0.3, 0.4) is 0 Å². The predicted molar refractivity (Wildman–Crippen MR) is 26.2 cm³/mol. The van der Waals surface area contributed by atoms with Crippen molar-refractivity contribution >= 4 is 0 Å². The van der Waals surface area contributed by atoms with Gasteiger partial charge in [0.15, 0.2) is 5.82 Å². The Bertz CT molecular complexity index is 195. The van der Waals surface area contributed by atoms with Crippen LogP contribution in [0.5, 0.6) is 0 Å². The summed E-state index contributed by atoms with van der Waals surface area (Å²) >= 11 is 0. The first-order valence-corrected chi connectivity index (χ1v) is 2.36. The largest absolute Gasteiger partial charge is 0.361 e. The molecule has 9 heavy (non-hydrogen) atoms. The number of rotatable bonds is 1. The molecule has 1 aromatic rings. The van der Waals surface area contributed by atoms with Gasteiger partial charge in [0.05, 0.1) is 0 Å². The van der Waals surface area contributed by atoms with E-state index in [9.17, 15) is 0 Å². The van der Waals surface area contributed by atoms with Crippen molar-refractivity contribution in [3.05, 3.63) is 11.7 Å². The first kappa shape index (κ1) is 6.18. The van der Waals surface area contributed by atoms with Crippen molar-refractivity contribution in [2.45, 2.75) is 13.2 Å². The van der Waals surface area contributed by atoms with Crippen molar-refractivity contribution in [3.63, 3.8) is 0 Å². The monoisotopic (exact) mass is 130 g/mol. The lowest BCUT2D eigenvalue weighted by Crippen LogP contribution is -1.93. The number of aryl methyl sites for hydroxylation is 1. The van der Waals surface area contributed by atoms with E-state index in [1.165, 1.54) is 0 Å². The minimum atomic E-state index is -1.66. The van der Waals surface area contributed by atoms with Crippen LogP contribution in [0, 0.1) is 6.92 Å². The van der Waals surface area contributed by atoms with E-state index in [4.69, 9.17) is 10.2 Å². The molecule has 0 saturated carbocycles. The molecule has 5 nitrogen and oxygen atoms in total. The maximum Gasteiger partial charge on any atom is 0.283 e. The molecule has 0 aliphatic heterocycles. The predicted octanol–water partition coefficient (Wildman–Crippen LogP) is -0.639. The van der Waals surface area contributed by atoms with Crippen LogP contribution < -0.4 is 0 Å². The third kappa shape index (κ3) is 1.24. The Morgan fingerprint density at radius 3 is 2.44 bits per heavy atom. The number of aliphatic hydroxyl groups excluding tert-OH is 1. The second kappa shape index (κ2) is 2.12. The molecule has 0 bridgehead atoms. The maximum absolute atomic E-state index is 8.40. The summed E-state index contributed by atoms with van der Waals surface area (Å²) in [6, 6.07) is 0. The maximum atomic E-state index is 8.40. The quantitative estimate of drug-likeness (QED) is 0.494. The zero-order chi connectivity index (χ0) is 6.85. The van der Waals surface area contributed by atoms with E-state index in [2.05, 4.69) is 14.7 Å². The van der Waals surface area contributed by atoms with Crippen LogP contribution in [0.25, 0.3) is 0 Å². The van der Waals surface area contributed by atoms with Gasteiger partial charge in [-0.15, -0.1) is 0 Å². The topological polar surface area (TPSA) is 79.4 Å². The van der Waals surface area contributed by atoms with Gasteiger partial charge in [-0.1, -0.05) is 5.16 Å². The third-order valence-corrected chi connectivity index (χ3v) is 0.764. The summed E-state index contributed by atoms with van der Waals surface area (Å²) in [7, 11) is 0. The Morgan fingerprint density at radius 1 is 1.56 bits per heavy atom. The standard InChI is InChI=1S/C4H6N2O3/c1-2-5-3(4(7)8)9-6-2/h4,7-8H,1H3. The average Bonchev–Trinajstić information content (AvgIpc) is 2.14. The van der Waals surface area contributed by atoms with Gasteiger partial charge in [0.1, 0.15) is 0 Å². The van der Waals surface area contributed by atoms with Gasteiger partial charge in [0.25, 0.3) is 5.89 Å². The fraction of sp³-hybridized carbons (Fsp3) is 0.500. The summed E-state index contributed by atoms with van der Waals surface area (Å²) in [6.45, 7) is 1.59. The van der Waals surface area contributed by atoms with Gasteiger partial charge in [-0.3, -0.25) is 0 Å². The molecule has 0 aliphatic rings. The molecule has 0 aliphatic carbocycles. The molecule has 0 spiro atoms. The first-order chi connectivity index (χ1) is 4.20.